The summed E-state index contributed by atoms with van der Waals surface area (Å²) in [5, 5.41) is 14.6. The third kappa shape index (κ3) is 5.67. The fourth-order valence-corrected chi connectivity index (χ4v) is 4.15. The first kappa shape index (κ1) is 22.4. The van der Waals surface area contributed by atoms with Gasteiger partial charge in [0, 0.05) is 23.0 Å². The Morgan fingerprint density at radius 2 is 1.94 bits per heavy atom. The number of carbonyl (C=O) groups excluding carboxylic acids is 2. The van der Waals surface area contributed by atoms with Gasteiger partial charge in [-0.25, -0.2) is 4.79 Å². The van der Waals surface area contributed by atoms with E-state index in [1.165, 1.54) is 18.9 Å². The van der Waals surface area contributed by atoms with E-state index in [0.717, 1.165) is 5.56 Å². The van der Waals surface area contributed by atoms with Crippen molar-refractivity contribution in [3.8, 4) is 5.75 Å². The number of amides is 1. The van der Waals surface area contributed by atoms with Crippen LogP contribution in [0.25, 0.3) is 11.0 Å². The van der Waals surface area contributed by atoms with Crippen LogP contribution in [0.3, 0.4) is 0 Å². The van der Waals surface area contributed by atoms with Crippen LogP contribution in [0.5, 0.6) is 5.75 Å². The maximum atomic E-state index is 12.5. The Morgan fingerprint density at radius 1 is 1.19 bits per heavy atom. The predicted octanol–water partition coefficient (Wildman–Crippen LogP) is 1.82. The minimum atomic E-state index is -1.37. The first-order valence-electron chi connectivity index (χ1n) is 9.61. The molecule has 0 unspecified atom stereocenters. The number of carbonyl (C=O) groups is 2. The summed E-state index contributed by atoms with van der Waals surface area (Å²) >= 11 is 1.38. The van der Waals surface area contributed by atoms with Gasteiger partial charge in [0.1, 0.15) is 11.3 Å². The molecule has 0 radical (unpaired) electrons. The third-order valence-electron chi connectivity index (χ3n) is 4.85. The molecule has 0 aliphatic carbocycles. The SMILES string of the molecule is COc1ccc2c(C)c(CC(=O)N[C@@H](CSCc3ccccc3)C(=O)[O-])c(=O)oc2c1. The molecule has 0 spiro atoms. The van der Waals surface area contributed by atoms with E-state index >= 15 is 0 Å². The normalized spacial score (nSPS) is 11.8. The Labute approximate surface area is 183 Å². The average Bonchev–Trinajstić information content (AvgIpc) is 2.76. The summed E-state index contributed by atoms with van der Waals surface area (Å²) in [5.41, 5.74) is 1.56. The van der Waals surface area contributed by atoms with Crippen molar-refractivity contribution in [1.29, 1.82) is 0 Å². The molecule has 0 aliphatic heterocycles. The Hall–Kier alpha value is -3.26. The van der Waals surface area contributed by atoms with E-state index in [2.05, 4.69) is 5.32 Å². The Balaban J connectivity index is 1.68. The molecule has 162 valence electrons. The maximum absolute atomic E-state index is 12.5. The second-order valence-corrected chi connectivity index (χ2v) is 8.00. The van der Waals surface area contributed by atoms with Crippen molar-refractivity contribution in [2.75, 3.05) is 12.9 Å². The van der Waals surface area contributed by atoms with Crippen molar-refractivity contribution < 1.29 is 23.8 Å². The van der Waals surface area contributed by atoms with E-state index < -0.39 is 23.5 Å². The van der Waals surface area contributed by atoms with Gasteiger partial charge in [0.15, 0.2) is 0 Å². The van der Waals surface area contributed by atoms with Crippen molar-refractivity contribution in [3.05, 3.63) is 75.6 Å². The van der Waals surface area contributed by atoms with E-state index in [4.69, 9.17) is 9.15 Å². The maximum Gasteiger partial charge on any atom is 0.340 e. The van der Waals surface area contributed by atoms with Crippen molar-refractivity contribution in [1.82, 2.24) is 5.32 Å². The van der Waals surface area contributed by atoms with Crippen molar-refractivity contribution in [2.24, 2.45) is 0 Å². The van der Waals surface area contributed by atoms with Crippen LogP contribution in [0.15, 0.2) is 57.7 Å². The number of hydrogen-bond acceptors (Lipinski definition) is 7. The van der Waals surface area contributed by atoms with Crippen LogP contribution in [-0.4, -0.2) is 30.8 Å². The average molecular weight is 440 g/mol. The predicted molar refractivity (Wildman–Crippen MR) is 117 cm³/mol. The highest BCUT2D eigenvalue weighted by Crippen LogP contribution is 2.24. The molecule has 1 amide bonds. The summed E-state index contributed by atoms with van der Waals surface area (Å²) in [6.07, 6.45) is -0.288. The van der Waals surface area contributed by atoms with Gasteiger partial charge in [-0.3, -0.25) is 4.79 Å². The summed E-state index contributed by atoms with van der Waals surface area (Å²) in [6.45, 7) is 1.72. The molecule has 2 aromatic carbocycles. The number of methoxy groups -OCH3 is 1. The molecular formula is C23H22NO6S-. The van der Waals surface area contributed by atoms with Crippen LogP contribution in [-0.2, 0) is 21.8 Å². The number of aliphatic carboxylic acids is 1. The number of carboxylic acids is 1. The number of nitrogens with one attached hydrogen (secondary N) is 1. The number of ether oxygens (including phenoxy) is 1. The molecule has 1 atom stereocenters. The van der Waals surface area contributed by atoms with E-state index in [9.17, 15) is 19.5 Å². The largest absolute Gasteiger partial charge is 0.548 e. The summed E-state index contributed by atoms with van der Waals surface area (Å²) in [4.78, 5) is 36.4. The molecule has 0 fully saturated rings. The molecular weight excluding hydrogens is 418 g/mol. The summed E-state index contributed by atoms with van der Waals surface area (Å²) in [5.74, 6) is -0.655. The molecule has 0 aliphatic rings. The number of carboxylic acid groups (broad SMARTS) is 1. The van der Waals surface area contributed by atoms with Gasteiger partial charge in [-0.15, -0.1) is 0 Å². The number of thioether (sulfide) groups is 1. The highest BCUT2D eigenvalue weighted by Gasteiger charge is 2.19. The van der Waals surface area contributed by atoms with E-state index in [1.54, 1.807) is 25.1 Å². The molecule has 8 heteroatoms. The van der Waals surface area contributed by atoms with Crippen molar-refractivity contribution in [3.63, 3.8) is 0 Å². The van der Waals surface area contributed by atoms with E-state index in [0.29, 0.717) is 28.0 Å². The lowest BCUT2D eigenvalue weighted by molar-refractivity contribution is -0.307. The molecule has 1 aromatic heterocycles. The molecule has 0 bridgehead atoms. The first-order valence-corrected chi connectivity index (χ1v) is 10.8. The lowest BCUT2D eigenvalue weighted by Gasteiger charge is -2.19. The van der Waals surface area contributed by atoms with Crippen molar-refractivity contribution >= 4 is 34.6 Å². The summed E-state index contributed by atoms with van der Waals surface area (Å²) in [6, 6.07) is 13.5. The summed E-state index contributed by atoms with van der Waals surface area (Å²) < 4.78 is 10.5. The zero-order valence-corrected chi connectivity index (χ0v) is 18.0. The van der Waals surface area contributed by atoms with Gasteiger partial charge < -0.3 is 24.4 Å². The number of aryl methyl sites for hydroxylation is 1. The number of hydrogen-bond donors (Lipinski definition) is 1. The van der Waals surface area contributed by atoms with Gasteiger partial charge in [-0.05, 0) is 30.2 Å². The second kappa shape index (κ2) is 10.2. The quantitative estimate of drug-likeness (QED) is 0.506. The van der Waals surface area contributed by atoms with Crippen LogP contribution in [0.4, 0.5) is 0 Å². The first-order chi connectivity index (χ1) is 14.9. The number of rotatable bonds is 9. The highest BCUT2D eigenvalue weighted by molar-refractivity contribution is 7.98. The van der Waals surface area contributed by atoms with Crippen LogP contribution in [0.1, 0.15) is 16.7 Å². The lowest BCUT2D eigenvalue weighted by Crippen LogP contribution is -2.50. The number of fused-ring (bicyclic) bond motifs is 1. The van der Waals surface area contributed by atoms with E-state index in [-0.39, 0.29) is 17.7 Å². The minimum Gasteiger partial charge on any atom is -0.548 e. The molecule has 1 heterocycles. The van der Waals surface area contributed by atoms with Crippen LogP contribution >= 0.6 is 11.8 Å². The van der Waals surface area contributed by atoms with Gasteiger partial charge in [0.05, 0.1) is 31.1 Å². The Morgan fingerprint density at radius 3 is 2.61 bits per heavy atom. The fraction of sp³-hybridized carbons (Fsp3) is 0.261. The van der Waals surface area contributed by atoms with Crippen molar-refractivity contribution in [2.45, 2.75) is 25.1 Å². The van der Waals surface area contributed by atoms with Crippen LogP contribution in [0.2, 0.25) is 0 Å². The topological polar surface area (TPSA) is 109 Å². The zero-order valence-electron chi connectivity index (χ0n) is 17.2. The molecule has 7 nitrogen and oxygen atoms in total. The van der Waals surface area contributed by atoms with Gasteiger partial charge in [0.25, 0.3) is 0 Å². The number of benzene rings is 2. The zero-order chi connectivity index (χ0) is 22.4. The fourth-order valence-electron chi connectivity index (χ4n) is 3.15. The molecule has 0 saturated heterocycles. The smallest absolute Gasteiger partial charge is 0.340 e. The monoisotopic (exact) mass is 440 g/mol. The van der Waals surface area contributed by atoms with Crippen LogP contribution in [0, 0.1) is 6.92 Å². The highest BCUT2D eigenvalue weighted by atomic mass is 32.2. The Kier molecular flexibility index (Phi) is 7.36. The van der Waals surface area contributed by atoms with Gasteiger partial charge >= 0.3 is 5.63 Å². The lowest BCUT2D eigenvalue weighted by atomic mass is 10.0. The third-order valence-corrected chi connectivity index (χ3v) is 5.95. The molecule has 31 heavy (non-hydrogen) atoms. The molecule has 3 aromatic rings. The molecule has 1 N–H and O–H groups in total. The standard InChI is InChI=1S/C23H23NO6S/c1-14-17-9-8-16(29-2)10-20(17)30-23(28)18(14)11-21(25)24-19(22(26)27)13-31-12-15-6-4-3-5-7-15/h3-10,19H,11-13H2,1-2H3,(H,24,25)(H,26,27)/p-1/t19-/m0/s1. The van der Waals surface area contributed by atoms with Crippen LogP contribution < -0.4 is 20.8 Å². The van der Waals surface area contributed by atoms with Gasteiger partial charge in [-0.2, -0.15) is 11.8 Å². The second-order valence-electron chi connectivity index (χ2n) is 6.97. The van der Waals surface area contributed by atoms with E-state index in [1.807, 2.05) is 30.3 Å². The van der Waals surface area contributed by atoms with Gasteiger partial charge in [-0.1, -0.05) is 30.3 Å². The summed E-state index contributed by atoms with van der Waals surface area (Å²) in [7, 11) is 1.51. The van der Waals surface area contributed by atoms with Gasteiger partial charge in [0.2, 0.25) is 5.91 Å². The minimum absolute atomic E-state index is 0.147. The molecule has 3 rings (SSSR count). The Bertz CT molecular complexity index is 1140. The molecule has 0 saturated carbocycles.